The number of carbonyl (C=O) groups is 1. The van der Waals surface area contributed by atoms with Crippen LogP contribution < -0.4 is 0 Å². The van der Waals surface area contributed by atoms with Gasteiger partial charge < -0.3 is 0 Å². The maximum atomic E-state index is 11.7. The lowest BCUT2D eigenvalue weighted by Gasteiger charge is -1.91. The average molecular weight is 289 g/mol. The van der Waals surface area contributed by atoms with Crippen LogP contribution in [0.3, 0.4) is 0 Å². The molecule has 0 unspecified atom stereocenters. The Hall–Kier alpha value is -0.590. The number of thiophene rings is 1. The zero-order valence-corrected chi connectivity index (χ0v) is 10.2. The molecule has 2 aromatic heterocycles. The minimum atomic E-state index is 0.0911. The lowest BCUT2D eigenvalue weighted by molar-refractivity contribution is 0.0996. The minimum Gasteiger partial charge on any atom is -0.293 e. The molecular formula is C8H5BrN2OS2. The Labute approximate surface area is 97.1 Å². The van der Waals surface area contributed by atoms with Crippen LogP contribution in [0, 0.1) is 0 Å². The molecule has 6 heteroatoms. The van der Waals surface area contributed by atoms with Crippen LogP contribution in [-0.2, 0) is 6.42 Å². The first-order chi connectivity index (χ1) is 6.75. The van der Waals surface area contributed by atoms with Crippen molar-refractivity contribution in [2.24, 2.45) is 0 Å². The van der Waals surface area contributed by atoms with Gasteiger partial charge in [0.1, 0.15) is 0 Å². The molecule has 14 heavy (non-hydrogen) atoms. The molecule has 0 aliphatic rings. The van der Waals surface area contributed by atoms with Crippen LogP contribution in [0.4, 0.5) is 0 Å². The number of rotatable bonds is 3. The molecule has 0 fully saturated rings. The summed E-state index contributed by atoms with van der Waals surface area (Å²) in [6.07, 6.45) is 0.337. The molecule has 2 heterocycles. The smallest absolute Gasteiger partial charge is 0.178 e. The zero-order chi connectivity index (χ0) is 9.97. The third kappa shape index (κ3) is 2.26. The lowest BCUT2D eigenvalue weighted by Crippen LogP contribution is -2.01. The largest absolute Gasteiger partial charge is 0.293 e. The number of Topliss-reactive ketones (excluding diaryl/α,β-unsaturated/α-hetero) is 1. The maximum absolute atomic E-state index is 11.7. The van der Waals surface area contributed by atoms with E-state index in [9.17, 15) is 4.79 Å². The van der Waals surface area contributed by atoms with Gasteiger partial charge in [0.15, 0.2) is 5.78 Å². The lowest BCUT2D eigenvalue weighted by atomic mass is 10.2. The van der Waals surface area contributed by atoms with Crippen LogP contribution in [0.1, 0.15) is 15.4 Å². The van der Waals surface area contributed by atoms with E-state index in [1.54, 1.807) is 5.38 Å². The Kier molecular flexibility index (Phi) is 3.05. The van der Waals surface area contributed by atoms with E-state index in [0.717, 1.165) is 15.0 Å². The Morgan fingerprint density at radius 2 is 2.36 bits per heavy atom. The predicted octanol–water partition coefficient (Wildman–Crippen LogP) is 2.79. The van der Waals surface area contributed by atoms with Crippen LogP contribution in [0.25, 0.3) is 0 Å². The molecule has 0 aliphatic carbocycles. The molecule has 0 N–H and O–H groups in total. The van der Waals surface area contributed by atoms with Crippen LogP contribution in [-0.4, -0.2) is 15.4 Å². The maximum Gasteiger partial charge on any atom is 0.178 e. The van der Waals surface area contributed by atoms with Crippen molar-refractivity contribution < 1.29 is 4.79 Å². The van der Waals surface area contributed by atoms with Gasteiger partial charge in [-0.05, 0) is 33.5 Å². The van der Waals surface area contributed by atoms with Crippen LogP contribution in [0.15, 0.2) is 21.3 Å². The van der Waals surface area contributed by atoms with E-state index < -0.39 is 0 Å². The Bertz CT molecular complexity index is 438. The molecule has 2 rings (SSSR count). The molecule has 0 spiro atoms. The standard InChI is InChI=1S/C8H5BrN2OS2/c9-5-1-8(13-3-5)7(12)2-6-4-14-11-10-6/h1,3-4H,2H2. The topological polar surface area (TPSA) is 42.9 Å². The summed E-state index contributed by atoms with van der Waals surface area (Å²) < 4.78 is 4.65. The number of nitrogens with zero attached hydrogens (tertiary/aromatic N) is 2. The molecule has 0 radical (unpaired) electrons. The third-order valence-electron chi connectivity index (χ3n) is 1.59. The van der Waals surface area contributed by atoms with Crippen LogP contribution in [0.5, 0.6) is 0 Å². The highest BCUT2D eigenvalue weighted by atomic mass is 79.9. The van der Waals surface area contributed by atoms with E-state index >= 15 is 0 Å². The normalized spacial score (nSPS) is 10.4. The molecule has 0 bridgehead atoms. The zero-order valence-electron chi connectivity index (χ0n) is 6.94. The SMILES string of the molecule is O=C(Cc1csnn1)c1cc(Br)cs1. The molecule has 0 saturated carbocycles. The van der Waals surface area contributed by atoms with Gasteiger partial charge in [-0.15, -0.1) is 16.4 Å². The first-order valence-corrected chi connectivity index (χ1v) is 6.30. The van der Waals surface area contributed by atoms with Crippen molar-refractivity contribution in [1.29, 1.82) is 0 Å². The van der Waals surface area contributed by atoms with Gasteiger partial charge in [-0.1, -0.05) is 4.49 Å². The van der Waals surface area contributed by atoms with Gasteiger partial charge in [0.25, 0.3) is 0 Å². The van der Waals surface area contributed by atoms with Crippen LogP contribution in [0.2, 0.25) is 0 Å². The second-order valence-electron chi connectivity index (χ2n) is 2.63. The van der Waals surface area contributed by atoms with E-state index in [2.05, 4.69) is 25.5 Å². The molecule has 0 aliphatic heterocycles. The first kappa shape index (κ1) is 9.95. The van der Waals surface area contributed by atoms with E-state index in [0.29, 0.717) is 6.42 Å². The van der Waals surface area contributed by atoms with E-state index in [-0.39, 0.29) is 5.78 Å². The number of halogens is 1. The van der Waals surface area contributed by atoms with Gasteiger partial charge in [0.05, 0.1) is 17.0 Å². The number of carbonyl (C=O) groups excluding carboxylic acids is 1. The molecule has 0 saturated heterocycles. The second-order valence-corrected chi connectivity index (χ2v) is 5.06. The van der Waals surface area contributed by atoms with Crippen molar-refractivity contribution in [2.75, 3.05) is 0 Å². The first-order valence-electron chi connectivity index (χ1n) is 3.79. The minimum absolute atomic E-state index is 0.0911. The summed E-state index contributed by atoms with van der Waals surface area (Å²) in [5.41, 5.74) is 0.740. The molecule has 3 nitrogen and oxygen atoms in total. The predicted molar refractivity (Wildman–Crippen MR) is 60.0 cm³/mol. The van der Waals surface area contributed by atoms with Crippen molar-refractivity contribution in [3.05, 3.63) is 31.9 Å². The monoisotopic (exact) mass is 288 g/mol. The molecule has 0 amide bonds. The summed E-state index contributed by atoms with van der Waals surface area (Å²) in [5.74, 6) is 0.0911. The summed E-state index contributed by atoms with van der Waals surface area (Å²) >= 11 is 6.01. The summed E-state index contributed by atoms with van der Waals surface area (Å²) in [4.78, 5) is 12.4. The van der Waals surface area contributed by atoms with Gasteiger partial charge in [-0.2, -0.15) is 0 Å². The fourth-order valence-corrected chi connectivity index (χ4v) is 2.79. The fourth-order valence-electron chi connectivity index (χ4n) is 0.972. The number of ketones is 1. The Balaban J connectivity index is 2.10. The number of aromatic nitrogens is 2. The van der Waals surface area contributed by atoms with Crippen molar-refractivity contribution in [3.8, 4) is 0 Å². The molecule has 2 aromatic rings. The van der Waals surface area contributed by atoms with E-state index in [1.165, 1.54) is 22.9 Å². The van der Waals surface area contributed by atoms with Gasteiger partial charge in [0.2, 0.25) is 0 Å². The average Bonchev–Trinajstić information content (AvgIpc) is 2.75. The van der Waals surface area contributed by atoms with E-state index in [4.69, 9.17) is 0 Å². The second kappa shape index (κ2) is 4.29. The number of hydrogen-bond donors (Lipinski definition) is 0. The van der Waals surface area contributed by atoms with Crippen molar-refractivity contribution in [1.82, 2.24) is 9.59 Å². The van der Waals surface area contributed by atoms with E-state index in [1.807, 2.05) is 11.4 Å². The van der Waals surface area contributed by atoms with Gasteiger partial charge >= 0.3 is 0 Å². The van der Waals surface area contributed by atoms with Crippen molar-refractivity contribution >= 4 is 44.6 Å². The summed E-state index contributed by atoms with van der Waals surface area (Å²) in [5, 5.41) is 7.52. The molecule has 0 atom stereocenters. The van der Waals surface area contributed by atoms with Crippen LogP contribution >= 0.6 is 38.8 Å². The Morgan fingerprint density at radius 1 is 1.50 bits per heavy atom. The summed E-state index contributed by atoms with van der Waals surface area (Å²) in [6.45, 7) is 0. The van der Waals surface area contributed by atoms with Gasteiger partial charge in [0, 0.05) is 15.2 Å². The summed E-state index contributed by atoms with van der Waals surface area (Å²) in [6, 6.07) is 1.83. The molecular weight excluding hydrogens is 284 g/mol. The van der Waals surface area contributed by atoms with Crippen molar-refractivity contribution in [3.63, 3.8) is 0 Å². The highest BCUT2D eigenvalue weighted by molar-refractivity contribution is 9.10. The van der Waals surface area contributed by atoms with Gasteiger partial charge in [-0.3, -0.25) is 4.79 Å². The highest BCUT2D eigenvalue weighted by Crippen LogP contribution is 2.21. The Morgan fingerprint density at radius 3 is 2.93 bits per heavy atom. The molecule has 0 aromatic carbocycles. The fraction of sp³-hybridized carbons (Fsp3) is 0.125. The van der Waals surface area contributed by atoms with Gasteiger partial charge in [-0.25, -0.2) is 0 Å². The molecule has 72 valence electrons. The highest BCUT2D eigenvalue weighted by Gasteiger charge is 2.10. The third-order valence-corrected chi connectivity index (χ3v) is 3.87. The quantitative estimate of drug-likeness (QED) is 0.816. The number of hydrogen-bond acceptors (Lipinski definition) is 5. The van der Waals surface area contributed by atoms with Crippen molar-refractivity contribution in [2.45, 2.75) is 6.42 Å². The summed E-state index contributed by atoms with van der Waals surface area (Å²) in [7, 11) is 0.